The summed E-state index contributed by atoms with van der Waals surface area (Å²) >= 11 is 0. The van der Waals surface area contributed by atoms with Gasteiger partial charge in [0.15, 0.2) is 0 Å². The summed E-state index contributed by atoms with van der Waals surface area (Å²) in [6.45, 7) is 3.61. The molecule has 1 aliphatic rings. The van der Waals surface area contributed by atoms with Crippen molar-refractivity contribution in [2.45, 2.75) is 37.1 Å². The Morgan fingerprint density at radius 3 is 2.71 bits per heavy atom. The van der Waals surface area contributed by atoms with E-state index in [2.05, 4.69) is 16.5 Å². The molecule has 1 fully saturated rings. The third-order valence-electron chi connectivity index (χ3n) is 4.41. The maximum absolute atomic E-state index is 12.2. The molecular weight excluding hydrogens is 286 g/mol. The molecule has 0 amide bonds. The summed E-state index contributed by atoms with van der Waals surface area (Å²) in [6.07, 6.45) is 3.27. The first-order valence-electron chi connectivity index (χ1n) is 7.52. The topological polar surface area (TPSA) is 75.4 Å². The summed E-state index contributed by atoms with van der Waals surface area (Å²) in [5.74, 6) is 0.683. The van der Waals surface area contributed by atoms with E-state index >= 15 is 0 Å². The van der Waals surface area contributed by atoms with Gasteiger partial charge in [0.25, 0.3) is 0 Å². The minimum absolute atomic E-state index is 0.205. The molecule has 0 aromatic heterocycles. The molecule has 2 unspecified atom stereocenters. The maximum atomic E-state index is 12.2. The van der Waals surface area contributed by atoms with Gasteiger partial charge in [-0.05, 0) is 37.9 Å². The second-order valence-electron chi connectivity index (χ2n) is 5.56. The minimum Gasteiger partial charge on any atom is -0.366 e. The molecule has 2 rings (SSSR count). The van der Waals surface area contributed by atoms with Crippen molar-refractivity contribution >= 4 is 15.7 Å². The van der Waals surface area contributed by atoms with Crippen LogP contribution in [0.2, 0.25) is 0 Å². The van der Waals surface area contributed by atoms with Gasteiger partial charge >= 0.3 is 0 Å². The Balaban J connectivity index is 2.38. The molecule has 118 valence electrons. The summed E-state index contributed by atoms with van der Waals surface area (Å²) in [6, 6.07) is 7.37. The Morgan fingerprint density at radius 1 is 1.38 bits per heavy atom. The van der Waals surface area contributed by atoms with Crippen LogP contribution in [0.15, 0.2) is 29.2 Å². The molecule has 1 aromatic carbocycles. The van der Waals surface area contributed by atoms with E-state index < -0.39 is 10.0 Å². The largest absolute Gasteiger partial charge is 0.366 e. The minimum atomic E-state index is -3.46. The number of nitrogens with one attached hydrogen (secondary N) is 1. The zero-order valence-corrected chi connectivity index (χ0v) is 13.6. The number of hydrogen-bond donors (Lipinski definition) is 2. The summed E-state index contributed by atoms with van der Waals surface area (Å²) in [7, 11) is -2.02. The van der Waals surface area contributed by atoms with Crippen LogP contribution in [0.4, 0.5) is 5.69 Å². The Kier molecular flexibility index (Phi) is 5.24. The van der Waals surface area contributed by atoms with Gasteiger partial charge in [0.05, 0.1) is 5.69 Å². The first-order chi connectivity index (χ1) is 10.0. The third-order valence-corrected chi connectivity index (χ3v) is 5.87. The summed E-state index contributed by atoms with van der Waals surface area (Å²) in [5.41, 5.74) is 6.69. The number of benzene rings is 1. The van der Waals surface area contributed by atoms with Crippen LogP contribution in [0.25, 0.3) is 0 Å². The molecule has 0 saturated carbocycles. The number of nitrogens with two attached hydrogens (primary N) is 1. The molecule has 1 saturated heterocycles. The van der Waals surface area contributed by atoms with Crippen LogP contribution in [0.3, 0.4) is 0 Å². The molecular formula is C15H25N3O2S. The van der Waals surface area contributed by atoms with Crippen LogP contribution >= 0.6 is 0 Å². The molecule has 1 aliphatic heterocycles. The fourth-order valence-corrected chi connectivity index (χ4v) is 4.02. The van der Waals surface area contributed by atoms with Gasteiger partial charge in [0.2, 0.25) is 10.0 Å². The molecule has 0 spiro atoms. The smallest absolute Gasteiger partial charge is 0.242 e. The van der Waals surface area contributed by atoms with Crippen LogP contribution in [-0.4, -0.2) is 34.6 Å². The molecule has 3 N–H and O–H groups in total. The Hall–Kier alpha value is -1.11. The Bertz CT molecular complexity index is 574. The molecule has 0 aliphatic carbocycles. The number of anilines is 1. The van der Waals surface area contributed by atoms with Crippen LogP contribution in [0.1, 0.15) is 26.2 Å². The van der Waals surface area contributed by atoms with E-state index in [0.717, 1.165) is 31.5 Å². The van der Waals surface area contributed by atoms with Crippen LogP contribution in [0, 0.1) is 5.92 Å². The third kappa shape index (κ3) is 3.39. The number of piperidine rings is 1. The summed E-state index contributed by atoms with van der Waals surface area (Å²) in [4.78, 5) is 2.50. The monoisotopic (exact) mass is 311 g/mol. The molecule has 2 atom stereocenters. The lowest BCUT2D eigenvalue weighted by molar-refractivity contribution is 0.335. The van der Waals surface area contributed by atoms with Crippen LogP contribution < -0.4 is 15.4 Å². The van der Waals surface area contributed by atoms with E-state index in [9.17, 15) is 8.42 Å². The molecule has 21 heavy (non-hydrogen) atoms. The van der Waals surface area contributed by atoms with Crippen molar-refractivity contribution in [3.63, 3.8) is 0 Å². The highest BCUT2D eigenvalue weighted by molar-refractivity contribution is 7.89. The highest BCUT2D eigenvalue weighted by Gasteiger charge is 2.30. The van der Waals surface area contributed by atoms with Crippen molar-refractivity contribution < 1.29 is 8.42 Å². The summed E-state index contributed by atoms with van der Waals surface area (Å²) < 4.78 is 26.8. The SMILES string of the molecule is CCC1CCN(c2ccccc2S(=O)(=O)NC)C(CN)C1. The van der Waals surface area contributed by atoms with Gasteiger partial charge in [-0.25, -0.2) is 13.1 Å². The average molecular weight is 311 g/mol. The van der Waals surface area contributed by atoms with Gasteiger partial charge in [0, 0.05) is 19.1 Å². The van der Waals surface area contributed by atoms with Crippen molar-refractivity contribution in [1.29, 1.82) is 0 Å². The van der Waals surface area contributed by atoms with Crippen LogP contribution in [-0.2, 0) is 10.0 Å². The van der Waals surface area contributed by atoms with E-state index in [0.29, 0.717) is 17.4 Å². The number of para-hydroxylation sites is 1. The second-order valence-corrected chi connectivity index (χ2v) is 7.41. The van der Waals surface area contributed by atoms with Gasteiger partial charge in [-0.3, -0.25) is 0 Å². The molecule has 1 heterocycles. The van der Waals surface area contributed by atoms with Gasteiger partial charge in [-0.15, -0.1) is 0 Å². The molecule has 0 bridgehead atoms. The van der Waals surface area contributed by atoms with Crippen LogP contribution in [0.5, 0.6) is 0 Å². The second kappa shape index (κ2) is 6.77. The normalized spacial score (nSPS) is 23.3. The van der Waals surface area contributed by atoms with Crippen molar-refractivity contribution in [2.24, 2.45) is 11.7 Å². The van der Waals surface area contributed by atoms with Crippen molar-refractivity contribution in [1.82, 2.24) is 4.72 Å². The van der Waals surface area contributed by atoms with Gasteiger partial charge in [-0.1, -0.05) is 25.5 Å². The lowest BCUT2D eigenvalue weighted by Gasteiger charge is -2.41. The first-order valence-corrected chi connectivity index (χ1v) is 9.01. The number of sulfonamides is 1. The van der Waals surface area contributed by atoms with E-state index in [4.69, 9.17) is 5.73 Å². The zero-order valence-electron chi connectivity index (χ0n) is 12.7. The number of nitrogens with zero attached hydrogens (tertiary/aromatic N) is 1. The fraction of sp³-hybridized carbons (Fsp3) is 0.600. The standard InChI is InChI=1S/C15H25N3O2S/c1-3-12-8-9-18(13(10-12)11-16)14-6-4-5-7-15(14)21(19,20)17-2/h4-7,12-13,17H,3,8-11,16H2,1-2H3. The lowest BCUT2D eigenvalue weighted by Crippen LogP contribution is -2.47. The molecule has 0 radical (unpaired) electrons. The molecule has 1 aromatic rings. The predicted octanol–water partition coefficient (Wildman–Crippen LogP) is 1.55. The lowest BCUT2D eigenvalue weighted by atomic mass is 9.88. The van der Waals surface area contributed by atoms with Gasteiger partial charge in [-0.2, -0.15) is 0 Å². The van der Waals surface area contributed by atoms with Gasteiger partial charge < -0.3 is 10.6 Å². The van der Waals surface area contributed by atoms with E-state index in [1.54, 1.807) is 12.1 Å². The summed E-state index contributed by atoms with van der Waals surface area (Å²) in [5, 5.41) is 0. The van der Waals surface area contributed by atoms with Crippen molar-refractivity contribution in [2.75, 3.05) is 25.0 Å². The van der Waals surface area contributed by atoms with E-state index in [1.165, 1.54) is 7.05 Å². The Morgan fingerprint density at radius 2 is 2.10 bits per heavy atom. The highest BCUT2D eigenvalue weighted by atomic mass is 32.2. The van der Waals surface area contributed by atoms with Crippen molar-refractivity contribution in [3.05, 3.63) is 24.3 Å². The molecule has 6 heteroatoms. The maximum Gasteiger partial charge on any atom is 0.242 e. The number of rotatable bonds is 5. The van der Waals surface area contributed by atoms with Crippen molar-refractivity contribution in [3.8, 4) is 0 Å². The number of hydrogen-bond acceptors (Lipinski definition) is 4. The highest BCUT2D eigenvalue weighted by Crippen LogP contribution is 2.33. The quantitative estimate of drug-likeness (QED) is 0.865. The average Bonchev–Trinajstić information content (AvgIpc) is 2.54. The Labute approximate surface area is 127 Å². The molecule has 5 nitrogen and oxygen atoms in total. The van der Waals surface area contributed by atoms with E-state index in [1.807, 2.05) is 12.1 Å². The van der Waals surface area contributed by atoms with Gasteiger partial charge in [0.1, 0.15) is 4.90 Å². The first kappa shape index (κ1) is 16.3. The zero-order chi connectivity index (χ0) is 15.5. The predicted molar refractivity (Wildman–Crippen MR) is 85.9 cm³/mol. The van der Waals surface area contributed by atoms with E-state index in [-0.39, 0.29) is 6.04 Å². The fourth-order valence-electron chi connectivity index (χ4n) is 3.08.